The maximum atomic E-state index is 12.0. The number of thioether (sulfide) groups is 1. The molecule has 1 amide bonds. The van der Waals surface area contributed by atoms with Gasteiger partial charge in [0.25, 0.3) is 5.22 Å². The lowest BCUT2D eigenvalue weighted by atomic mass is 10.2. The number of hydrogen-bond acceptors (Lipinski definition) is 4. The first-order valence-electron chi connectivity index (χ1n) is 7.42. The van der Waals surface area contributed by atoms with Gasteiger partial charge < -0.3 is 9.73 Å². The van der Waals surface area contributed by atoms with Crippen molar-refractivity contribution in [1.82, 2.24) is 4.98 Å². The summed E-state index contributed by atoms with van der Waals surface area (Å²) < 4.78 is 6.68. The maximum Gasteiger partial charge on any atom is 0.256 e. The Bertz CT molecular complexity index is 896. The fourth-order valence-corrected chi connectivity index (χ4v) is 3.11. The zero-order valence-electron chi connectivity index (χ0n) is 13.3. The number of benzene rings is 2. The molecule has 2 aromatic carbocycles. The quantitative estimate of drug-likeness (QED) is 0.513. The van der Waals surface area contributed by atoms with Crippen LogP contribution >= 0.6 is 39.3 Å². The standard InChI is InChI=1S/C18H14BrClN2O2S/c1-11-2-7-14(8-15(11)20)22-17(23)10-25-18-21-9-16(24-18)12-3-5-13(19)6-4-12/h2-9H,10H2,1H3,(H,22,23). The van der Waals surface area contributed by atoms with Gasteiger partial charge in [0.2, 0.25) is 5.91 Å². The minimum Gasteiger partial charge on any atom is -0.431 e. The Hall–Kier alpha value is -1.76. The van der Waals surface area contributed by atoms with Gasteiger partial charge in [-0.1, -0.05) is 57.5 Å². The SMILES string of the molecule is Cc1ccc(NC(=O)CSc2ncc(-c3ccc(Br)cc3)o2)cc1Cl. The lowest BCUT2D eigenvalue weighted by Crippen LogP contribution is -2.13. The Balaban J connectivity index is 1.57. The molecule has 0 atom stereocenters. The summed E-state index contributed by atoms with van der Waals surface area (Å²) in [5.74, 6) is 0.722. The van der Waals surface area contributed by atoms with Crippen molar-refractivity contribution in [1.29, 1.82) is 0 Å². The molecule has 128 valence electrons. The highest BCUT2D eigenvalue weighted by Crippen LogP contribution is 2.27. The molecule has 0 saturated carbocycles. The molecule has 25 heavy (non-hydrogen) atoms. The number of anilines is 1. The lowest BCUT2D eigenvalue weighted by molar-refractivity contribution is -0.113. The molecular weight excluding hydrogens is 424 g/mol. The van der Waals surface area contributed by atoms with Crippen molar-refractivity contribution in [2.24, 2.45) is 0 Å². The van der Waals surface area contributed by atoms with Gasteiger partial charge in [0.05, 0.1) is 11.9 Å². The van der Waals surface area contributed by atoms with Crippen molar-refractivity contribution >= 4 is 50.9 Å². The Morgan fingerprint density at radius 1 is 1.28 bits per heavy atom. The molecule has 0 spiro atoms. The van der Waals surface area contributed by atoms with E-state index >= 15 is 0 Å². The Labute approximate surface area is 163 Å². The van der Waals surface area contributed by atoms with Gasteiger partial charge in [-0.3, -0.25) is 4.79 Å². The van der Waals surface area contributed by atoms with Gasteiger partial charge in [-0.05, 0) is 36.8 Å². The smallest absolute Gasteiger partial charge is 0.256 e. The molecule has 0 bridgehead atoms. The lowest BCUT2D eigenvalue weighted by Gasteiger charge is -2.06. The molecule has 0 aliphatic heterocycles. The second-order valence-corrected chi connectivity index (χ2v) is 7.55. The molecule has 0 aliphatic carbocycles. The molecule has 1 heterocycles. The second-order valence-electron chi connectivity index (χ2n) is 5.30. The van der Waals surface area contributed by atoms with Gasteiger partial charge in [0.1, 0.15) is 0 Å². The van der Waals surface area contributed by atoms with Gasteiger partial charge in [-0.25, -0.2) is 4.98 Å². The fraction of sp³-hybridized carbons (Fsp3) is 0.111. The van der Waals surface area contributed by atoms with E-state index in [2.05, 4.69) is 26.2 Å². The molecular formula is C18H14BrClN2O2S. The number of aromatic nitrogens is 1. The average molecular weight is 438 g/mol. The number of nitrogens with one attached hydrogen (secondary N) is 1. The van der Waals surface area contributed by atoms with E-state index in [0.717, 1.165) is 15.6 Å². The predicted molar refractivity (Wildman–Crippen MR) is 105 cm³/mol. The summed E-state index contributed by atoms with van der Waals surface area (Å²) in [6.07, 6.45) is 1.66. The number of carbonyl (C=O) groups is 1. The van der Waals surface area contributed by atoms with Crippen LogP contribution in [0.2, 0.25) is 5.02 Å². The molecule has 3 aromatic rings. The monoisotopic (exact) mass is 436 g/mol. The van der Waals surface area contributed by atoms with Crippen LogP contribution in [0, 0.1) is 6.92 Å². The minimum absolute atomic E-state index is 0.145. The van der Waals surface area contributed by atoms with Crippen LogP contribution < -0.4 is 5.32 Å². The van der Waals surface area contributed by atoms with Crippen LogP contribution in [0.4, 0.5) is 5.69 Å². The van der Waals surface area contributed by atoms with Crippen LogP contribution in [0.25, 0.3) is 11.3 Å². The molecule has 0 radical (unpaired) electrons. The van der Waals surface area contributed by atoms with Crippen LogP contribution in [0.15, 0.2) is 62.8 Å². The third-order valence-corrected chi connectivity index (χ3v) is 5.17. The normalized spacial score (nSPS) is 10.7. The molecule has 0 saturated heterocycles. The number of hydrogen-bond donors (Lipinski definition) is 1. The zero-order valence-corrected chi connectivity index (χ0v) is 16.4. The average Bonchev–Trinajstić information content (AvgIpc) is 3.06. The maximum absolute atomic E-state index is 12.0. The van der Waals surface area contributed by atoms with Crippen molar-refractivity contribution in [3.63, 3.8) is 0 Å². The van der Waals surface area contributed by atoms with Gasteiger partial charge in [0.15, 0.2) is 5.76 Å². The molecule has 0 fully saturated rings. The summed E-state index contributed by atoms with van der Waals surface area (Å²) in [5.41, 5.74) is 2.57. The third-order valence-electron chi connectivity index (χ3n) is 3.40. The largest absolute Gasteiger partial charge is 0.431 e. The predicted octanol–water partition coefficient (Wildman–Crippen LogP) is 5.80. The van der Waals surface area contributed by atoms with E-state index < -0.39 is 0 Å². The van der Waals surface area contributed by atoms with E-state index in [1.54, 1.807) is 12.3 Å². The molecule has 3 rings (SSSR count). The van der Waals surface area contributed by atoms with Crippen LogP contribution in [0.1, 0.15) is 5.56 Å². The fourth-order valence-electron chi connectivity index (χ4n) is 2.07. The minimum atomic E-state index is -0.145. The van der Waals surface area contributed by atoms with E-state index in [1.807, 2.05) is 43.3 Å². The van der Waals surface area contributed by atoms with Crippen molar-refractivity contribution in [2.75, 3.05) is 11.1 Å². The Kier molecular flexibility index (Phi) is 5.83. The number of nitrogens with zero attached hydrogens (tertiary/aromatic N) is 1. The van der Waals surface area contributed by atoms with E-state index in [-0.39, 0.29) is 11.7 Å². The second kappa shape index (κ2) is 8.08. The van der Waals surface area contributed by atoms with Gasteiger partial charge in [-0.15, -0.1) is 0 Å². The number of aryl methyl sites for hydroxylation is 1. The van der Waals surface area contributed by atoms with Crippen LogP contribution in [0.5, 0.6) is 0 Å². The zero-order chi connectivity index (χ0) is 17.8. The number of oxazole rings is 1. The number of rotatable bonds is 5. The summed E-state index contributed by atoms with van der Waals surface area (Å²) >= 11 is 10.7. The van der Waals surface area contributed by atoms with Crippen molar-refractivity contribution in [3.8, 4) is 11.3 Å². The van der Waals surface area contributed by atoms with Crippen molar-refractivity contribution in [2.45, 2.75) is 12.1 Å². The van der Waals surface area contributed by atoms with Crippen LogP contribution in [0.3, 0.4) is 0 Å². The summed E-state index contributed by atoms with van der Waals surface area (Å²) in [7, 11) is 0. The summed E-state index contributed by atoms with van der Waals surface area (Å²) in [6, 6.07) is 13.2. The Morgan fingerprint density at radius 2 is 2.04 bits per heavy atom. The summed E-state index contributed by atoms with van der Waals surface area (Å²) in [6.45, 7) is 1.91. The topological polar surface area (TPSA) is 55.1 Å². The van der Waals surface area contributed by atoms with Gasteiger partial charge >= 0.3 is 0 Å². The molecule has 4 nitrogen and oxygen atoms in total. The summed E-state index contributed by atoms with van der Waals surface area (Å²) in [5, 5.41) is 3.88. The van der Waals surface area contributed by atoms with Crippen LogP contribution in [-0.4, -0.2) is 16.6 Å². The number of halogens is 2. The highest BCUT2D eigenvalue weighted by molar-refractivity contribution is 9.10. The number of carbonyl (C=O) groups excluding carboxylic acids is 1. The van der Waals surface area contributed by atoms with E-state index in [1.165, 1.54) is 11.8 Å². The molecule has 0 aliphatic rings. The molecule has 7 heteroatoms. The molecule has 1 aromatic heterocycles. The molecule has 0 unspecified atom stereocenters. The molecule has 1 N–H and O–H groups in total. The van der Waals surface area contributed by atoms with E-state index in [9.17, 15) is 4.79 Å². The van der Waals surface area contributed by atoms with Crippen LogP contribution in [-0.2, 0) is 4.79 Å². The first-order chi connectivity index (χ1) is 12.0. The van der Waals surface area contributed by atoms with Gasteiger partial charge in [-0.2, -0.15) is 0 Å². The van der Waals surface area contributed by atoms with Gasteiger partial charge in [0, 0.05) is 20.7 Å². The third kappa shape index (κ3) is 4.87. The Morgan fingerprint density at radius 3 is 2.76 bits per heavy atom. The first kappa shape index (κ1) is 18.0. The first-order valence-corrected chi connectivity index (χ1v) is 9.57. The highest BCUT2D eigenvalue weighted by atomic mass is 79.9. The van der Waals surface area contributed by atoms with Crippen molar-refractivity contribution < 1.29 is 9.21 Å². The van der Waals surface area contributed by atoms with E-state index in [0.29, 0.717) is 21.7 Å². The van der Waals surface area contributed by atoms with Crippen molar-refractivity contribution in [3.05, 3.63) is 63.7 Å². The highest BCUT2D eigenvalue weighted by Gasteiger charge is 2.10. The summed E-state index contributed by atoms with van der Waals surface area (Å²) in [4.78, 5) is 16.2. The van der Waals surface area contributed by atoms with E-state index in [4.69, 9.17) is 16.0 Å². The number of amides is 1.